The summed E-state index contributed by atoms with van der Waals surface area (Å²) < 4.78 is 4.77. The van der Waals surface area contributed by atoms with E-state index in [9.17, 15) is 0 Å². The van der Waals surface area contributed by atoms with Crippen molar-refractivity contribution in [1.82, 2.24) is 9.13 Å². The first kappa shape index (κ1) is 36.5. The van der Waals surface area contributed by atoms with E-state index in [0.29, 0.717) is 0 Å². The molecule has 0 spiro atoms. The standard InChI is InChI=1S/C60H41N3/c1-4-14-42(15-5-1)43-24-36-52(37-25-43)62-58-23-13-11-21-54(58)56-40-46(31-39-59(56)62)44-26-32-50(33-27-44)61(48-16-6-2-7-17-48)51-34-28-45(29-35-51)47-30-38-55-53-20-10-12-22-57(53)63(60(55)41-47)49-18-8-3-9-19-49/h1-41H. The van der Waals surface area contributed by atoms with Crippen molar-refractivity contribution in [3.05, 3.63) is 249 Å². The van der Waals surface area contributed by atoms with E-state index in [1.165, 1.54) is 77.0 Å². The predicted molar refractivity (Wildman–Crippen MR) is 266 cm³/mol. The summed E-state index contributed by atoms with van der Waals surface area (Å²) in [6.07, 6.45) is 0. The lowest BCUT2D eigenvalue weighted by atomic mass is 10.0. The number of rotatable bonds is 8. The third-order valence-corrected chi connectivity index (χ3v) is 12.5. The Labute approximate surface area is 366 Å². The highest BCUT2D eigenvalue weighted by atomic mass is 15.1. The van der Waals surface area contributed by atoms with Gasteiger partial charge in [0.05, 0.1) is 22.1 Å². The van der Waals surface area contributed by atoms with Crippen molar-refractivity contribution >= 4 is 60.7 Å². The van der Waals surface area contributed by atoms with Crippen molar-refractivity contribution < 1.29 is 0 Å². The van der Waals surface area contributed by atoms with Crippen LogP contribution in [0.4, 0.5) is 17.1 Å². The van der Waals surface area contributed by atoms with E-state index in [1.54, 1.807) is 0 Å². The molecular weight excluding hydrogens is 763 g/mol. The molecule has 0 radical (unpaired) electrons. The lowest BCUT2D eigenvalue weighted by Crippen LogP contribution is -2.09. The van der Waals surface area contributed by atoms with Gasteiger partial charge in [-0.2, -0.15) is 0 Å². The van der Waals surface area contributed by atoms with Gasteiger partial charge in [-0.05, 0) is 124 Å². The van der Waals surface area contributed by atoms with Crippen LogP contribution < -0.4 is 4.90 Å². The summed E-state index contributed by atoms with van der Waals surface area (Å²) in [5.41, 5.74) is 17.6. The van der Waals surface area contributed by atoms with Crippen molar-refractivity contribution in [2.75, 3.05) is 4.90 Å². The molecule has 0 amide bonds. The van der Waals surface area contributed by atoms with Gasteiger partial charge in [-0.1, -0.05) is 158 Å². The van der Waals surface area contributed by atoms with Crippen molar-refractivity contribution in [1.29, 1.82) is 0 Å². The van der Waals surface area contributed by atoms with Gasteiger partial charge in [-0.15, -0.1) is 0 Å². The molecular formula is C60H41N3. The Morgan fingerprint density at radius 3 is 1.24 bits per heavy atom. The number of benzene rings is 10. The van der Waals surface area contributed by atoms with Gasteiger partial charge >= 0.3 is 0 Å². The molecule has 12 aromatic rings. The Hall–Kier alpha value is -8.40. The van der Waals surface area contributed by atoms with E-state index in [-0.39, 0.29) is 0 Å². The normalized spacial score (nSPS) is 11.5. The fourth-order valence-electron chi connectivity index (χ4n) is 9.50. The van der Waals surface area contributed by atoms with E-state index >= 15 is 0 Å². The molecule has 0 unspecified atom stereocenters. The molecule has 3 heteroatoms. The molecule has 296 valence electrons. The lowest BCUT2D eigenvalue weighted by molar-refractivity contribution is 1.18. The first-order chi connectivity index (χ1) is 31.2. The van der Waals surface area contributed by atoms with Crippen LogP contribution in [0, 0.1) is 0 Å². The SMILES string of the molecule is c1ccc(-c2ccc(-n3c4ccccc4c4cc(-c5ccc(N(c6ccccc6)c6ccc(-c7ccc8c9ccccc9n(-c9ccccc9)c8c7)cc6)cc5)ccc43)cc2)cc1. The van der Waals surface area contributed by atoms with Crippen molar-refractivity contribution in [2.24, 2.45) is 0 Å². The summed E-state index contributed by atoms with van der Waals surface area (Å²) in [5, 5.41) is 5.00. The van der Waals surface area contributed by atoms with Gasteiger partial charge in [0.25, 0.3) is 0 Å². The van der Waals surface area contributed by atoms with E-state index in [2.05, 4.69) is 263 Å². The van der Waals surface area contributed by atoms with E-state index < -0.39 is 0 Å². The van der Waals surface area contributed by atoms with Gasteiger partial charge in [-0.3, -0.25) is 0 Å². The molecule has 0 saturated carbocycles. The van der Waals surface area contributed by atoms with Crippen LogP contribution in [0.2, 0.25) is 0 Å². The van der Waals surface area contributed by atoms with Crippen molar-refractivity contribution in [3.8, 4) is 44.8 Å². The monoisotopic (exact) mass is 803 g/mol. The molecule has 63 heavy (non-hydrogen) atoms. The van der Waals surface area contributed by atoms with Crippen LogP contribution in [-0.4, -0.2) is 9.13 Å². The highest BCUT2D eigenvalue weighted by Gasteiger charge is 2.17. The Morgan fingerprint density at radius 1 is 0.222 bits per heavy atom. The third kappa shape index (κ3) is 6.38. The Morgan fingerprint density at radius 2 is 0.603 bits per heavy atom. The zero-order chi connectivity index (χ0) is 41.7. The first-order valence-corrected chi connectivity index (χ1v) is 21.6. The first-order valence-electron chi connectivity index (χ1n) is 21.6. The quantitative estimate of drug-likeness (QED) is 0.149. The average molecular weight is 804 g/mol. The van der Waals surface area contributed by atoms with Crippen LogP contribution in [0.1, 0.15) is 0 Å². The molecule has 3 nitrogen and oxygen atoms in total. The molecule has 2 aromatic heterocycles. The number of aromatic nitrogens is 2. The van der Waals surface area contributed by atoms with Crippen LogP contribution in [0.3, 0.4) is 0 Å². The van der Waals surface area contributed by atoms with Gasteiger partial charge < -0.3 is 14.0 Å². The highest BCUT2D eigenvalue weighted by molar-refractivity contribution is 6.11. The molecule has 12 rings (SSSR count). The van der Waals surface area contributed by atoms with Gasteiger partial charge in [0.15, 0.2) is 0 Å². The van der Waals surface area contributed by atoms with E-state index in [0.717, 1.165) is 28.4 Å². The molecule has 0 fully saturated rings. The summed E-state index contributed by atoms with van der Waals surface area (Å²) in [6, 6.07) is 90.0. The van der Waals surface area contributed by atoms with Gasteiger partial charge in [0.1, 0.15) is 0 Å². The van der Waals surface area contributed by atoms with E-state index in [1.807, 2.05) is 0 Å². The molecule has 2 heterocycles. The smallest absolute Gasteiger partial charge is 0.0547 e. The second-order valence-electron chi connectivity index (χ2n) is 16.2. The highest BCUT2D eigenvalue weighted by Crippen LogP contribution is 2.40. The summed E-state index contributed by atoms with van der Waals surface area (Å²) in [6.45, 7) is 0. The number of nitrogens with zero attached hydrogens (tertiary/aromatic N) is 3. The Balaban J connectivity index is 0.879. The van der Waals surface area contributed by atoms with Crippen LogP contribution in [0.15, 0.2) is 249 Å². The zero-order valence-corrected chi connectivity index (χ0v) is 34.5. The van der Waals surface area contributed by atoms with Gasteiger partial charge in [0, 0.05) is 50.0 Å². The molecule has 0 aliphatic rings. The molecule has 0 N–H and O–H groups in total. The molecule has 0 bridgehead atoms. The van der Waals surface area contributed by atoms with Gasteiger partial charge in [-0.25, -0.2) is 0 Å². The minimum atomic E-state index is 1.10. The number of anilines is 3. The molecule has 0 aliphatic heterocycles. The molecule has 10 aromatic carbocycles. The number of hydrogen-bond acceptors (Lipinski definition) is 1. The summed E-state index contributed by atoms with van der Waals surface area (Å²) in [5.74, 6) is 0. The summed E-state index contributed by atoms with van der Waals surface area (Å²) in [4.78, 5) is 2.34. The van der Waals surface area contributed by atoms with Crippen LogP contribution in [-0.2, 0) is 0 Å². The fraction of sp³-hybridized carbons (Fsp3) is 0. The number of para-hydroxylation sites is 4. The van der Waals surface area contributed by atoms with E-state index in [4.69, 9.17) is 0 Å². The molecule has 0 atom stereocenters. The minimum absolute atomic E-state index is 1.10. The maximum Gasteiger partial charge on any atom is 0.0547 e. The second-order valence-corrected chi connectivity index (χ2v) is 16.2. The largest absolute Gasteiger partial charge is 0.311 e. The molecule has 0 aliphatic carbocycles. The average Bonchev–Trinajstić information content (AvgIpc) is 3.88. The predicted octanol–water partition coefficient (Wildman–Crippen LogP) is 16.4. The number of hydrogen-bond donors (Lipinski definition) is 0. The lowest BCUT2D eigenvalue weighted by Gasteiger charge is -2.26. The zero-order valence-electron chi connectivity index (χ0n) is 34.5. The van der Waals surface area contributed by atoms with Crippen LogP contribution >= 0.6 is 0 Å². The Kier molecular flexibility index (Phi) is 8.83. The number of fused-ring (bicyclic) bond motifs is 6. The second kappa shape index (κ2) is 15.3. The minimum Gasteiger partial charge on any atom is -0.311 e. The fourth-order valence-corrected chi connectivity index (χ4v) is 9.50. The third-order valence-electron chi connectivity index (χ3n) is 12.5. The maximum atomic E-state index is 2.39. The van der Waals surface area contributed by atoms with Gasteiger partial charge in [0.2, 0.25) is 0 Å². The topological polar surface area (TPSA) is 13.1 Å². The Bertz CT molecular complexity index is 3570. The van der Waals surface area contributed by atoms with Crippen molar-refractivity contribution in [3.63, 3.8) is 0 Å². The summed E-state index contributed by atoms with van der Waals surface area (Å²) >= 11 is 0. The van der Waals surface area contributed by atoms with Crippen LogP contribution in [0.5, 0.6) is 0 Å². The van der Waals surface area contributed by atoms with Crippen molar-refractivity contribution in [2.45, 2.75) is 0 Å². The summed E-state index contributed by atoms with van der Waals surface area (Å²) in [7, 11) is 0. The van der Waals surface area contributed by atoms with Crippen LogP contribution in [0.25, 0.3) is 88.4 Å². The maximum absolute atomic E-state index is 2.39. The molecule has 0 saturated heterocycles.